The van der Waals surface area contributed by atoms with Gasteiger partial charge >= 0.3 is 12.1 Å². The van der Waals surface area contributed by atoms with E-state index in [9.17, 15) is 14.7 Å². The summed E-state index contributed by atoms with van der Waals surface area (Å²) in [6.07, 6.45) is 4.60. The Balaban J connectivity index is 1.96. The highest BCUT2D eigenvalue weighted by atomic mass is 16.6. The van der Waals surface area contributed by atoms with Crippen molar-refractivity contribution in [3.63, 3.8) is 0 Å². The number of carbonyl (C=O) groups excluding carboxylic acids is 1. The van der Waals surface area contributed by atoms with Crippen LogP contribution >= 0.6 is 0 Å². The van der Waals surface area contributed by atoms with Crippen molar-refractivity contribution < 1.29 is 19.4 Å². The van der Waals surface area contributed by atoms with Gasteiger partial charge in [0, 0.05) is 5.56 Å². The van der Waals surface area contributed by atoms with Crippen molar-refractivity contribution in [2.45, 2.75) is 57.7 Å². The lowest BCUT2D eigenvalue weighted by molar-refractivity contribution is 0.0691. The van der Waals surface area contributed by atoms with Crippen molar-refractivity contribution in [1.82, 2.24) is 14.9 Å². The zero-order valence-electron chi connectivity index (χ0n) is 15.6. The predicted octanol–water partition coefficient (Wildman–Crippen LogP) is 3.87. The maximum absolute atomic E-state index is 12.1. The molecule has 3 rings (SSSR count). The number of aromatic carboxylic acids is 1. The van der Waals surface area contributed by atoms with E-state index in [1.807, 2.05) is 34.9 Å². The van der Waals surface area contributed by atoms with Crippen LogP contribution < -0.4 is 5.32 Å². The molecule has 7 nitrogen and oxygen atoms in total. The van der Waals surface area contributed by atoms with Gasteiger partial charge in [0.2, 0.25) is 0 Å². The van der Waals surface area contributed by atoms with E-state index >= 15 is 0 Å². The molecule has 1 saturated carbocycles. The zero-order valence-corrected chi connectivity index (χ0v) is 15.6. The molecule has 1 heterocycles. The van der Waals surface area contributed by atoms with Crippen molar-refractivity contribution in [3.05, 3.63) is 42.4 Å². The SMILES string of the molecule is CC(C)OC(=O)N[C@H]1CCCC[C@@H]1n1cnc(C(=O)O)c1-c1ccccc1. The van der Waals surface area contributed by atoms with Crippen LogP contribution in [0.5, 0.6) is 0 Å². The summed E-state index contributed by atoms with van der Waals surface area (Å²) in [5.74, 6) is -1.06. The highest BCUT2D eigenvalue weighted by molar-refractivity contribution is 5.93. The third-order valence-corrected chi connectivity index (χ3v) is 4.78. The van der Waals surface area contributed by atoms with Gasteiger partial charge in [-0.1, -0.05) is 43.2 Å². The number of aromatic nitrogens is 2. The molecule has 1 fully saturated rings. The molecule has 144 valence electrons. The van der Waals surface area contributed by atoms with Crippen LogP contribution in [0.4, 0.5) is 4.79 Å². The van der Waals surface area contributed by atoms with Gasteiger partial charge < -0.3 is 19.7 Å². The number of hydrogen-bond donors (Lipinski definition) is 2. The van der Waals surface area contributed by atoms with E-state index in [1.165, 1.54) is 0 Å². The number of alkyl carbamates (subject to hydrolysis) is 1. The smallest absolute Gasteiger partial charge is 0.407 e. The number of nitrogens with one attached hydrogen (secondary N) is 1. The molecule has 1 aliphatic carbocycles. The molecule has 2 atom stereocenters. The number of benzene rings is 1. The Kier molecular flexibility index (Phi) is 5.78. The second-order valence-electron chi connectivity index (χ2n) is 7.08. The topological polar surface area (TPSA) is 93.5 Å². The van der Waals surface area contributed by atoms with Gasteiger partial charge in [-0.2, -0.15) is 0 Å². The van der Waals surface area contributed by atoms with Crippen LogP contribution in [0.15, 0.2) is 36.7 Å². The Bertz CT molecular complexity index is 801. The maximum Gasteiger partial charge on any atom is 0.407 e. The number of carboxylic acid groups (broad SMARTS) is 1. The minimum atomic E-state index is -1.06. The molecule has 0 radical (unpaired) electrons. The number of carboxylic acids is 1. The van der Waals surface area contributed by atoms with Gasteiger partial charge in [0.05, 0.1) is 30.2 Å². The zero-order chi connectivity index (χ0) is 19.4. The molecule has 0 aliphatic heterocycles. The van der Waals surface area contributed by atoms with E-state index in [0.29, 0.717) is 5.69 Å². The van der Waals surface area contributed by atoms with E-state index in [0.717, 1.165) is 31.2 Å². The Morgan fingerprint density at radius 3 is 2.59 bits per heavy atom. The fourth-order valence-corrected chi connectivity index (χ4v) is 3.66. The van der Waals surface area contributed by atoms with Gasteiger partial charge in [-0.3, -0.25) is 0 Å². The van der Waals surface area contributed by atoms with Crippen LogP contribution in [0.3, 0.4) is 0 Å². The average molecular weight is 371 g/mol. The lowest BCUT2D eigenvalue weighted by Crippen LogP contribution is -2.43. The Morgan fingerprint density at radius 1 is 1.22 bits per heavy atom. The van der Waals surface area contributed by atoms with Crippen molar-refractivity contribution in [2.24, 2.45) is 0 Å². The summed E-state index contributed by atoms with van der Waals surface area (Å²) >= 11 is 0. The normalized spacial score (nSPS) is 19.7. The Hall–Kier alpha value is -2.83. The number of amides is 1. The molecule has 1 aromatic carbocycles. The van der Waals surface area contributed by atoms with Crippen LogP contribution in [0, 0.1) is 0 Å². The quantitative estimate of drug-likeness (QED) is 0.832. The third-order valence-electron chi connectivity index (χ3n) is 4.78. The maximum atomic E-state index is 12.1. The summed E-state index contributed by atoms with van der Waals surface area (Å²) in [6.45, 7) is 3.61. The molecule has 1 aromatic heterocycles. The summed E-state index contributed by atoms with van der Waals surface area (Å²) in [4.78, 5) is 28.0. The highest BCUT2D eigenvalue weighted by Gasteiger charge is 2.32. The van der Waals surface area contributed by atoms with Crippen molar-refractivity contribution >= 4 is 12.1 Å². The summed E-state index contributed by atoms with van der Waals surface area (Å²) in [5.41, 5.74) is 1.38. The summed E-state index contributed by atoms with van der Waals surface area (Å²) < 4.78 is 7.13. The summed E-state index contributed by atoms with van der Waals surface area (Å²) in [7, 11) is 0. The van der Waals surface area contributed by atoms with E-state index in [1.54, 1.807) is 20.2 Å². The van der Waals surface area contributed by atoms with E-state index < -0.39 is 12.1 Å². The van der Waals surface area contributed by atoms with E-state index in [4.69, 9.17) is 4.74 Å². The molecular formula is C20H25N3O4. The first-order valence-corrected chi connectivity index (χ1v) is 9.30. The molecule has 0 unspecified atom stereocenters. The van der Waals surface area contributed by atoms with Gasteiger partial charge in [0.15, 0.2) is 5.69 Å². The van der Waals surface area contributed by atoms with Gasteiger partial charge in [0.1, 0.15) is 0 Å². The molecule has 2 aromatic rings. The molecule has 0 bridgehead atoms. The molecular weight excluding hydrogens is 346 g/mol. The number of rotatable bonds is 5. The molecule has 1 aliphatic rings. The first kappa shape index (κ1) is 18.9. The largest absolute Gasteiger partial charge is 0.476 e. The molecule has 1 amide bonds. The second-order valence-corrected chi connectivity index (χ2v) is 7.08. The monoisotopic (exact) mass is 371 g/mol. The van der Waals surface area contributed by atoms with Gasteiger partial charge in [-0.05, 0) is 26.7 Å². The Labute approximate surface area is 158 Å². The molecule has 2 N–H and O–H groups in total. The molecule has 0 spiro atoms. The predicted molar refractivity (Wildman–Crippen MR) is 101 cm³/mol. The van der Waals surface area contributed by atoms with Crippen LogP contribution in [-0.4, -0.2) is 38.9 Å². The first-order valence-electron chi connectivity index (χ1n) is 9.30. The van der Waals surface area contributed by atoms with Gasteiger partial charge in [-0.25, -0.2) is 14.6 Å². The van der Waals surface area contributed by atoms with E-state index in [2.05, 4.69) is 10.3 Å². The highest BCUT2D eigenvalue weighted by Crippen LogP contribution is 2.34. The third kappa shape index (κ3) is 4.30. The van der Waals surface area contributed by atoms with E-state index in [-0.39, 0.29) is 23.9 Å². The van der Waals surface area contributed by atoms with Crippen LogP contribution in [0.2, 0.25) is 0 Å². The summed E-state index contributed by atoms with van der Waals surface area (Å²) in [6, 6.07) is 9.16. The number of hydrogen-bond acceptors (Lipinski definition) is 4. The van der Waals surface area contributed by atoms with Gasteiger partial charge in [0.25, 0.3) is 0 Å². The average Bonchev–Trinajstić information content (AvgIpc) is 3.07. The standard InChI is InChI=1S/C20H25N3O4/c1-13(2)27-20(26)22-15-10-6-7-11-16(15)23-12-21-17(19(24)25)18(23)14-8-4-3-5-9-14/h3-5,8-9,12-13,15-16H,6-7,10-11H2,1-2H3,(H,22,26)(H,24,25)/t15-,16-/m0/s1. The second kappa shape index (κ2) is 8.24. The Morgan fingerprint density at radius 2 is 1.93 bits per heavy atom. The molecule has 0 saturated heterocycles. The molecule has 7 heteroatoms. The number of carbonyl (C=O) groups is 2. The van der Waals surface area contributed by atoms with Crippen LogP contribution in [-0.2, 0) is 4.74 Å². The van der Waals surface area contributed by atoms with Gasteiger partial charge in [-0.15, -0.1) is 0 Å². The van der Waals surface area contributed by atoms with Crippen molar-refractivity contribution in [2.75, 3.05) is 0 Å². The number of nitrogens with zero attached hydrogens (tertiary/aromatic N) is 2. The lowest BCUT2D eigenvalue weighted by Gasteiger charge is -2.34. The fourth-order valence-electron chi connectivity index (χ4n) is 3.66. The number of ether oxygens (including phenoxy) is 1. The molecule has 27 heavy (non-hydrogen) atoms. The van der Waals surface area contributed by atoms with Crippen LogP contribution in [0.25, 0.3) is 11.3 Å². The van der Waals surface area contributed by atoms with Crippen molar-refractivity contribution in [3.8, 4) is 11.3 Å². The first-order chi connectivity index (χ1) is 13.0. The minimum Gasteiger partial charge on any atom is -0.476 e. The number of imidazole rings is 1. The summed E-state index contributed by atoms with van der Waals surface area (Å²) in [5, 5.41) is 12.5. The lowest BCUT2D eigenvalue weighted by atomic mass is 9.89. The minimum absolute atomic E-state index is 0.0234. The van der Waals surface area contributed by atoms with Crippen LogP contribution in [0.1, 0.15) is 56.1 Å². The van der Waals surface area contributed by atoms with Crippen molar-refractivity contribution in [1.29, 1.82) is 0 Å². The fraction of sp³-hybridized carbons (Fsp3) is 0.450.